The molecule has 0 atom stereocenters. The van der Waals surface area contributed by atoms with Gasteiger partial charge in [0.15, 0.2) is 11.6 Å². The number of rotatable bonds is 6. The first-order chi connectivity index (χ1) is 13.5. The average Bonchev–Trinajstić information content (AvgIpc) is 2.68. The maximum atomic E-state index is 13.8. The van der Waals surface area contributed by atoms with Gasteiger partial charge in [-0.15, -0.1) is 0 Å². The van der Waals surface area contributed by atoms with Crippen molar-refractivity contribution in [2.45, 2.75) is 19.4 Å². The van der Waals surface area contributed by atoms with Crippen LogP contribution in [0.3, 0.4) is 0 Å². The third-order valence-electron chi connectivity index (χ3n) is 4.94. The SMILES string of the molecule is COc1ccc(C(=O)Nc2cccc(CN3CCC(C(=O)O)CC3)c2)cc1F. The quantitative estimate of drug-likeness (QED) is 0.796. The summed E-state index contributed by atoms with van der Waals surface area (Å²) < 4.78 is 18.7. The van der Waals surface area contributed by atoms with E-state index in [0.717, 1.165) is 24.7 Å². The molecule has 3 rings (SSSR count). The van der Waals surface area contributed by atoms with Gasteiger partial charge in [0.25, 0.3) is 5.91 Å². The summed E-state index contributed by atoms with van der Waals surface area (Å²) in [5.74, 6) is -1.88. The number of carboxylic acids is 1. The zero-order chi connectivity index (χ0) is 20.1. The van der Waals surface area contributed by atoms with E-state index < -0.39 is 17.7 Å². The molecular formula is C21H23FN2O4. The number of methoxy groups -OCH3 is 1. The van der Waals surface area contributed by atoms with Gasteiger partial charge in [-0.3, -0.25) is 14.5 Å². The van der Waals surface area contributed by atoms with Gasteiger partial charge in [0.2, 0.25) is 0 Å². The molecule has 0 unspecified atom stereocenters. The van der Waals surface area contributed by atoms with Crippen LogP contribution < -0.4 is 10.1 Å². The Bertz CT molecular complexity index is 863. The third kappa shape index (κ3) is 4.86. The van der Waals surface area contributed by atoms with Crippen LogP contribution in [0, 0.1) is 11.7 Å². The predicted octanol–water partition coefficient (Wildman–Crippen LogP) is 3.38. The van der Waals surface area contributed by atoms with Gasteiger partial charge >= 0.3 is 5.97 Å². The normalized spacial score (nSPS) is 15.2. The molecule has 1 aliphatic rings. The number of likely N-dealkylation sites (tertiary alicyclic amines) is 1. The zero-order valence-corrected chi connectivity index (χ0v) is 15.7. The van der Waals surface area contributed by atoms with E-state index in [0.29, 0.717) is 25.1 Å². The summed E-state index contributed by atoms with van der Waals surface area (Å²) in [5.41, 5.74) is 1.85. The summed E-state index contributed by atoms with van der Waals surface area (Å²) in [7, 11) is 1.37. The fourth-order valence-corrected chi connectivity index (χ4v) is 3.35. The molecule has 0 radical (unpaired) electrons. The number of nitrogens with zero attached hydrogens (tertiary/aromatic N) is 1. The summed E-state index contributed by atoms with van der Waals surface area (Å²) in [6.45, 7) is 2.16. The zero-order valence-electron chi connectivity index (χ0n) is 15.7. The molecule has 2 N–H and O–H groups in total. The molecule has 28 heavy (non-hydrogen) atoms. The maximum Gasteiger partial charge on any atom is 0.306 e. The van der Waals surface area contributed by atoms with E-state index in [1.54, 1.807) is 6.07 Å². The highest BCUT2D eigenvalue weighted by atomic mass is 19.1. The Morgan fingerprint density at radius 2 is 1.96 bits per heavy atom. The molecule has 0 spiro atoms. The highest BCUT2D eigenvalue weighted by Crippen LogP contribution is 2.21. The predicted molar refractivity (Wildman–Crippen MR) is 103 cm³/mol. The van der Waals surface area contributed by atoms with Gasteiger partial charge in [-0.2, -0.15) is 0 Å². The van der Waals surface area contributed by atoms with Crippen LogP contribution in [0.4, 0.5) is 10.1 Å². The number of anilines is 1. The Morgan fingerprint density at radius 3 is 2.61 bits per heavy atom. The van der Waals surface area contributed by atoms with E-state index in [2.05, 4.69) is 10.2 Å². The van der Waals surface area contributed by atoms with Gasteiger partial charge < -0.3 is 15.2 Å². The van der Waals surface area contributed by atoms with Crippen molar-refractivity contribution < 1.29 is 23.8 Å². The number of halogens is 1. The molecular weight excluding hydrogens is 363 g/mol. The lowest BCUT2D eigenvalue weighted by Crippen LogP contribution is -2.35. The average molecular weight is 386 g/mol. The molecule has 1 aliphatic heterocycles. The van der Waals surface area contributed by atoms with E-state index >= 15 is 0 Å². The number of benzene rings is 2. The van der Waals surface area contributed by atoms with Crippen LogP contribution in [-0.4, -0.2) is 42.1 Å². The van der Waals surface area contributed by atoms with E-state index in [1.165, 1.54) is 19.2 Å². The van der Waals surface area contributed by atoms with Crippen LogP contribution in [0.2, 0.25) is 0 Å². The van der Waals surface area contributed by atoms with Crippen LogP contribution in [0.15, 0.2) is 42.5 Å². The second-order valence-corrected chi connectivity index (χ2v) is 6.89. The molecule has 6 nitrogen and oxygen atoms in total. The molecule has 1 saturated heterocycles. The third-order valence-corrected chi connectivity index (χ3v) is 4.94. The number of hydrogen-bond acceptors (Lipinski definition) is 4. The second kappa shape index (κ2) is 8.84. The number of hydrogen-bond donors (Lipinski definition) is 2. The van der Waals surface area contributed by atoms with Gasteiger partial charge in [-0.05, 0) is 61.8 Å². The van der Waals surface area contributed by atoms with E-state index in [9.17, 15) is 14.0 Å². The maximum absolute atomic E-state index is 13.8. The van der Waals surface area contributed by atoms with Crippen LogP contribution >= 0.6 is 0 Å². The number of carboxylic acid groups (broad SMARTS) is 1. The summed E-state index contributed by atoms with van der Waals surface area (Å²) in [6.07, 6.45) is 1.30. The van der Waals surface area contributed by atoms with E-state index in [-0.39, 0.29) is 17.2 Å². The number of ether oxygens (including phenoxy) is 1. The molecule has 2 aromatic rings. The Balaban J connectivity index is 1.61. The first-order valence-electron chi connectivity index (χ1n) is 9.15. The number of carbonyl (C=O) groups is 2. The molecule has 0 bridgehead atoms. The second-order valence-electron chi connectivity index (χ2n) is 6.89. The standard InChI is InChI=1S/C21H23FN2O4/c1-28-19-6-5-16(12-18(19)22)20(25)23-17-4-2-3-14(11-17)13-24-9-7-15(8-10-24)21(26)27/h2-6,11-12,15H,7-10,13H2,1H3,(H,23,25)(H,26,27). The number of amides is 1. The Labute approximate surface area is 162 Å². The minimum Gasteiger partial charge on any atom is -0.494 e. The number of nitrogens with one attached hydrogen (secondary N) is 1. The summed E-state index contributed by atoms with van der Waals surface area (Å²) in [6, 6.07) is 11.5. The molecule has 1 heterocycles. The van der Waals surface area contributed by atoms with Crippen molar-refractivity contribution in [3.63, 3.8) is 0 Å². The monoisotopic (exact) mass is 386 g/mol. The highest BCUT2D eigenvalue weighted by Gasteiger charge is 2.24. The first-order valence-corrected chi connectivity index (χ1v) is 9.15. The van der Waals surface area contributed by atoms with Crippen LogP contribution in [0.25, 0.3) is 0 Å². The van der Waals surface area contributed by atoms with Crippen LogP contribution in [-0.2, 0) is 11.3 Å². The smallest absolute Gasteiger partial charge is 0.306 e. The molecule has 0 saturated carbocycles. The first kappa shape index (κ1) is 19.8. The Kier molecular flexibility index (Phi) is 6.26. The largest absolute Gasteiger partial charge is 0.494 e. The molecule has 0 aromatic heterocycles. The van der Waals surface area contributed by atoms with Crippen LogP contribution in [0.1, 0.15) is 28.8 Å². The number of piperidine rings is 1. The molecule has 0 aliphatic carbocycles. The van der Waals surface area contributed by atoms with Crippen molar-refractivity contribution >= 4 is 17.6 Å². The molecule has 7 heteroatoms. The minimum absolute atomic E-state index is 0.0882. The topological polar surface area (TPSA) is 78.9 Å². The van der Waals surface area contributed by atoms with Gasteiger partial charge in [0, 0.05) is 17.8 Å². The van der Waals surface area contributed by atoms with Gasteiger partial charge in [0.05, 0.1) is 13.0 Å². The van der Waals surface area contributed by atoms with Gasteiger partial charge in [-0.25, -0.2) is 4.39 Å². The summed E-state index contributed by atoms with van der Waals surface area (Å²) >= 11 is 0. The fraction of sp³-hybridized carbons (Fsp3) is 0.333. The van der Waals surface area contributed by atoms with E-state index in [4.69, 9.17) is 9.84 Å². The molecule has 1 amide bonds. The lowest BCUT2D eigenvalue weighted by molar-refractivity contribution is -0.143. The molecule has 148 valence electrons. The van der Waals surface area contributed by atoms with Crippen molar-refractivity contribution in [3.8, 4) is 5.75 Å². The summed E-state index contributed by atoms with van der Waals surface area (Å²) in [5, 5.41) is 11.9. The van der Waals surface area contributed by atoms with Gasteiger partial charge in [0.1, 0.15) is 0 Å². The lowest BCUT2D eigenvalue weighted by atomic mass is 9.97. The fourth-order valence-electron chi connectivity index (χ4n) is 3.35. The minimum atomic E-state index is -0.723. The van der Waals surface area contributed by atoms with Crippen molar-refractivity contribution in [2.24, 2.45) is 5.92 Å². The molecule has 1 fully saturated rings. The van der Waals surface area contributed by atoms with Crippen LogP contribution in [0.5, 0.6) is 5.75 Å². The summed E-state index contributed by atoms with van der Waals surface area (Å²) in [4.78, 5) is 25.6. The number of aliphatic carboxylic acids is 1. The van der Waals surface area contributed by atoms with E-state index in [1.807, 2.05) is 18.2 Å². The Morgan fingerprint density at radius 1 is 1.21 bits per heavy atom. The van der Waals surface area contributed by atoms with Crippen molar-refractivity contribution in [3.05, 3.63) is 59.4 Å². The number of carbonyl (C=O) groups excluding carboxylic acids is 1. The molecule has 2 aromatic carbocycles. The lowest BCUT2D eigenvalue weighted by Gasteiger charge is -2.30. The Hall–Kier alpha value is -2.93. The highest BCUT2D eigenvalue weighted by molar-refractivity contribution is 6.04. The van der Waals surface area contributed by atoms with Crippen molar-refractivity contribution in [2.75, 3.05) is 25.5 Å². The van der Waals surface area contributed by atoms with Crippen molar-refractivity contribution in [1.82, 2.24) is 4.90 Å². The van der Waals surface area contributed by atoms with Crippen molar-refractivity contribution in [1.29, 1.82) is 0 Å². The van der Waals surface area contributed by atoms with Gasteiger partial charge in [-0.1, -0.05) is 12.1 Å².